The molecule has 0 saturated heterocycles. The molecule has 0 fully saturated rings. The SMILES string of the molecule is C[Si](Cl)(Cl)c1c(F)c(F)c([B-](c2c(F)c(F)c(F)c(F)c2F)(c2c(F)c(F)c(F)c(F)c2F)c2c(F)c(F)c(F)c(F)c2F)c(F)c1F.c1ccc([C+](c2ccccc2)c2ccccc2)cc1. The number of hydrogen-bond acceptors (Lipinski definition) is 0. The first-order valence-corrected chi connectivity index (χ1v) is 22.9. The van der Waals surface area contributed by atoms with Crippen LogP contribution >= 0.6 is 22.2 Å². The Balaban J connectivity index is 0.000000321. The normalized spacial score (nSPS) is 11.7. The lowest BCUT2D eigenvalue weighted by molar-refractivity contribution is 0.379. The van der Waals surface area contributed by atoms with E-state index in [1.165, 1.54) is 22.6 Å². The van der Waals surface area contributed by atoms with Crippen molar-refractivity contribution in [3.05, 3.63) is 224 Å². The third-order valence-electron chi connectivity index (χ3n) is 10.4. The van der Waals surface area contributed by atoms with Gasteiger partial charge in [-0.05, 0) is 79.3 Å². The summed E-state index contributed by atoms with van der Waals surface area (Å²) in [5.41, 5.74) is -10.2. The van der Waals surface area contributed by atoms with Crippen molar-refractivity contribution in [3.63, 3.8) is 0 Å². The van der Waals surface area contributed by atoms with Crippen LogP contribution in [0.4, 0.5) is 83.4 Å². The van der Waals surface area contributed by atoms with Crippen LogP contribution < -0.4 is 27.0 Å². The zero-order valence-corrected chi connectivity index (χ0v) is 35.2. The third-order valence-corrected chi connectivity index (χ3v) is 12.8. The van der Waals surface area contributed by atoms with E-state index in [4.69, 9.17) is 22.2 Å². The predicted molar refractivity (Wildman–Crippen MR) is 212 cm³/mol. The van der Waals surface area contributed by atoms with Gasteiger partial charge in [0.05, 0.1) is 22.6 Å². The van der Waals surface area contributed by atoms with Crippen molar-refractivity contribution in [3.8, 4) is 0 Å². The highest BCUT2D eigenvalue weighted by Gasteiger charge is 2.53. The molecule has 0 saturated carbocycles. The van der Waals surface area contributed by atoms with E-state index in [9.17, 15) is 39.5 Å². The molecule has 7 aromatic rings. The fraction of sp³-hybridized carbons (Fsp3) is 0.0227. The summed E-state index contributed by atoms with van der Waals surface area (Å²) >= 11 is 11.1. The van der Waals surface area contributed by atoms with Gasteiger partial charge in [-0.1, -0.05) is 18.2 Å². The standard InChI is InChI=1S/C25H3BCl2F19Si.C19H15/c1-48(27,28)25-23(46)12(35)5(13(36)24(25)47)26(2-6(29)14(37)20(43)15(38)7(2)30,3-8(31)16(39)21(44)17(40)9(3)32)4-10(33)18(41)22(45)19(42)11(4)34;1-4-10-16(11-5-1)19(17-12-6-2-7-13-17)18-14-8-3-9-15-18/h1H3;1-15H/q-1;+1. The van der Waals surface area contributed by atoms with Gasteiger partial charge in [0.1, 0.15) is 52.7 Å². The molecule has 0 radical (unpaired) electrons. The molecule has 7 aromatic carbocycles. The summed E-state index contributed by atoms with van der Waals surface area (Å²) in [6.07, 6.45) is -7.16. The predicted octanol–water partition coefficient (Wildman–Crippen LogP) is 11.2. The molecule has 0 N–H and O–H groups in total. The minimum Gasteiger partial charge on any atom is -0.207 e. The summed E-state index contributed by atoms with van der Waals surface area (Å²) in [6.45, 7) is -4.41. The third kappa shape index (κ3) is 8.28. The Kier molecular flexibility index (Phi) is 14.2. The lowest BCUT2D eigenvalue weighted by atomic mass is 9.12. The second kappa shape index (κ2) is 18.9. The highest BCUT2D eigenvalue weighted by molar-refractivity contribution is 7.50. The van der Waals surface area contributed by atoms with E-state index in [2.05, 4.69) is 91.0 Å². The van der Waals surface area contributed by atoms with Gasteiger partial charge >= 0.3 is 0 Å². The van der Waals surface area contributed by atoms with Crippen molar-refractivity contribution in [1.82, 2.24) is 0 Å². The maximum atomic E-state index is 16.0. The first-order valence-electron chi connectivity index (χ1n) is 18.4. The molecule has 0 unspecified atom stereocenters. The van der Waals surface area contributed by atoms with Crippen LogP contribution in [-0.2, 0) is 0 Å². The summed E-state index contributed by atoms with van der Waals surface area (Å²) in [5, 5.41) is -2.10. The Morgan fingerprint density at radius 1 is 0.299 bits per heavy atom. The van der Waals surface area contributed by atoms with Crippen LogP contribution in [0.15, 0.2) is 91.0 Å². The van der Waals surface area contributed by atoms with E-state index >= 15 is 43.9 Å². The lowest BCUT2D eigenvalue weighted by Crippen LogP contribution is -2.81. The van der Waals surface area contributed by atoms with Crippen LogP contribution in [0.2, 0.25) is 6.55 Å². The van der Waals surface area contributed by atoms with Crippen molar-refractivity contribution in [1.29, 1.82) is 0 Å². The molecule has 0 heterocycles. The van der Waals surface area contributed by atoms with Crippen LogP contribution in [0.3, 0.4) is 0 Å². The van der Waals surface area contributed by atoms with E-state index in [0.29, 0.717) is 6.55 Å². The molecule has 0 bridgehead atoms. The van der Waals surface area contributed by atoms with Crippen molar-refractivity contribution in [2.75, 3.05) is 0 Å². The highest BCUT2D eigenvalue weighted by Crippen LogP contribution is 2.33. The van der Waals surface area contributed by atoms with Crippen LogP contribution in [0.5, 0.6) is 0 Å². The first kappa shape index (κ1) is 50.4. The molecule has 0 amide bonds. The Bertz CT molecular complexity index is 2690. The van der Waals surface area contributed by atoms with Crippen molar-refractivity contribution < 1.29 is 83.4 Å². The van der Waals surface area contributed by atoms with Crippen LogP contribution in [-0.4, -0.2) is 12.8 Å². The zero-order valence-electron chi connectivity index (χ0n) is 32.7. The fourth-order valence-electron chi connectivity index (χ4n) is 7.60. The molecule has 7 rings (SSSR count). The summed E-state index contributed by atoms with van der Waals surface area (Å²) in [4.78, 5) is 0. The number of rotatable bonds is 8. The Labute approximate surface area is 375 Å². The number of hydrogen-bond donors (Lipinski definition) is 0. The summed E-state index contributed by atoms with van der Waals surface area (Å²) in [6, 6.07) is 31.6. The van der Waals surface area contributed by atoms with E-state index in [0.717, 1.165) is 0 Å². The summed E-state index contributed by atoms with van der Waals surface area (Å²) in [7, 11) is 0. The zero-order chi connectivity index (χ0) is 49.8. The van der Waals surface area contributed by atoms with Gasteiger partial charge in [-0.3, -0.25) is 0 Å². The maximum absolute atomic E-state index is 16.0. The van der Waals surface area contributed by atoms with Crippen LogP contribution in [0.1, 0.15) is 16.7 Å². The molecule has 0 aliphatic heterocycles. The fourth-order valence-corrected chi connectivity index (χ4v) is 9.59. The largest absolute Gasteiger partial charge is 0.283 e. The average Bonchev–Trinajstić information content (AvgIpc) is 3.30. The molecule has 348 valence electrons. The Hall–Kier alpha value is -6.06. The highest BCUT2D eigenvalue weighted by atomic mass is 35.7. The minimum atomic E-state index is -7.16. The van der Waals surface area contributed by atoms with E-state index in [1.807, 2.05) is 0 Å². The average molecular weight is 1020 g/mol. The second-order valence-electron chi connectivity index (χ2n) is 14.2. The van der Waals surface area contributed by atoms with Crippen LogP contribution in [0, 0.1) is 116 Å². The molecule has 0 aliphatic rings. The minimum absolute atomic E-state index is 0.465. The quantitative estimate of drug-likeness (QED) is 0.0271. The molecule has 0 atom stereocenters. The van der Waals surface area contributed by atoms with Gasteiger partial charge in [0.15, 0.2) is 64.0 Å². The van der Waals surface area contributed by atoms with Crippen molar-refractivity contribution >= 4 is 62.0 Å². The Morgan fingerprint density at radius 2 is 0.478 bits per heavy atom. The van der Waals surface area contributed by atoms with E-state index < -0.39 is 150 Å². The maximum Gasteiger partial charge on any atom is 0.283 e. The molecule has 0 aliphatic carbocycles. The first-order chi connectivity index (χ1) is 31.4. The van der Waals surface area contributed by atoms with Gasteiger partial charge < -0.3 is 0 Å². The monoisotopic (exact) mass is 1020 g/mol. The van der Waals surface area contributed by atoms with E-state index in [1.54, 1.807) is 0 Å². The molecule has 0 spiro atoms. The van der Waals surface area contributed by atoms with Gasteiger partial charge in [-0.2, -0.15) is 0 Å². The summed E-state index contributed by atoms with van der Waals surface area (Å²) < 4.78 is 286. The lowest BCUT2D eigenvalue weighted by Gasteiger charge is -2.45. The second-order valence-corrected chi connectivity index (χ2v) is 21.6. The van der Waals surface area contributed by atoms with E-state index in [-0.39, 0.29) is 0 Å². The van der Waals surface area contributed by atoms with Crippen LogP contribution in [0.25, 0.3) is 0 Å². The molecular weight excluding hydrogens is 999 g/mol. The van der Waals surface area contributed by atoms with Gasteiger partial charge in [0.25, 0.3) is 6.69 Å². The van der Waals surface area contributed by atoms with Gasteiger partial charge in [0.2, 0.25) is 0 Å². The van der Waals surface area contributed by atoms with Gasteiger partial charge in [0, 0.05) is 5.19 Å². The summed E-state index contributed by atoms with van der Waals surface area (Å²) in [5.74, 6) is -64.7. The van der Waals surface area contributed by atoms with Crippen molar-refractivity contribution in [2.24, 2.45) is 0 Å². The smallest absolute Gasteiger partial charge is 0.207 e. The molecular formula is C44H18BCl2F19Si. The molecule has 23 heteroatoms. The number of benzene rings is 7. The van der Waals surface area contributed by atoms with Crippen molar-refractivity contribution in [2.45, 2.75) is 6.55 Å². The Morgan fingerprint density at radius 3 is 0.672 bits per heavy atom. The molecule has 67 heavy (non-hydrogen) atoms. The molecule has 0 aromatic heterocycles. The number of halogens is 21. The van der Waals surface area contributed by atoms with Gasteiger partial charge in [-0.25, -0.2) is 83.4 Å². The topological polar surface area (TPSA) is 0 Å². The molecule has 0 nitrogen and oxygen atoms in total. The van der Waals surface area contributed by atoms with Gasteiger partial charge in [-0.15, -0.1) is 44.0 Å².